The van der Waals surface area contributed by atoms with Crippen LogP contribution >= 0.6 is 15.9 Å². The van der Waals surface area contributed by atoms with Crippen molar-refractivity contribution in [2.24, 2.45) is 5.92 Å². The van der Waals surface area contributed by atoms with Gasteiger partial charge in [0.15, 0.2) is 0 Å². The number of esters is 1. The van der Waals surface area contributed by atoms with Crippen LogP contribution < -0.4 is 0 Å². The molecule has 1 aliphatic rings. The van der Waals surface area contributed by atoms with Gasteiger partial charge in [-0.25, -0.2) is 0 Å². The molecule has 1 fully saturated rings. The van der Waals surface area contributed by atoms with Crippen LogP contribution in [0.4, 0.5) is 0 Å². The number of methoxy groups -OCH3 is 1. The number of carbonyl (C=O) groups is 1. The molecule has 0 bridgehead atoms. The third kappa shape index (κ3) is 6.21. The topological polar surface area (TPSA) is 54.0 Å². The van der Waals surface area contributed by atoms with E-state index in [0.717, 1.165) is 6.42 Å². The smallest absolute Gasteiger partial charge is 0.309 e. The molecule has 19 heavy (non-hydrogen) atoms. The van der Waals surface area contributed by atoms with Crippen LogP contribution in [0.15, 0.2) is 0 Å². The van der Waals surface area contributed by atoms with Crippen LogP contribution in [0.1, 0.15) is 19.8 Å². The first kappa shape index (κ1) is 16.9. The predicted molar refractivity (Wildman–Crippen MR) is 74.5 cm³/mol. The molecular weight excluding hydrogens is 316 g/mol. The Bertz CT molecular complexity index is 261. The lowest BCUT2D eigenvalue weighted by atomic mass is 10.1. The van der Waals surface area contributed by atoms with Crippen molar-refractivity contribution in [3.63, 3.8) is 0 Å². The number of ether oxygens (including phenoxy) is 4. The number of hydrogen-bond donors (Lipinski definition) is 0. The molecule has 1 saturated carbocycles. The molecule has 112 valence electrons. The summed E-state index contributed by atoms with van der Waals surface area (Å²) in [5, 5.41) is 0. The maximum atomic E-state index is 11.6. The number of carbonyl (C=O) groups excluding carboxylic acids is 1. The summed E-state index contributed by atoms with van der Waals surface area (Å²) < 4.78 is 21.0. The summed E-state index contributed by atoms with van der Waals surface area (Å²) in [6, 6.07) is 0. The van der Waals surface area contributed by atoms with Crippen LogP contribution in [0.25, 0.3) is 0 Å². The van der Waals surface area contributed by atoms with Gasteiger partial charge < -0.3 is 18.9 Å². The maximum Gasteiger partial charge on any atom is 0.309 e. The van der Waals surface area contributed by atoms with Crippen molar-refractivity contribution in [2.75, 3.05) is 40.1 Å². The minimum atomic E-state index is -0.116. The maximum absolute atomic E-state index is 11.6. The van der Waals surface area contributed by atoms with Gasteiger partial charge in [-0.1, -0.05) is 15.9 Å². The van der Waals surface area contributed by atoms with Gasteiger partial charge in [0.1, 0.15) is 0 Å². The highest BCUT2D eigenvalue weighted by molar-refractivity contribution is 9.09. The summed E-state index contributed by atoms with van der Waals surface area (Å²) in [6.45, 7) is 4.50. The lowest BCUT2D eigenvalue weighted by Gasteiger charge is -2.15. The highest BCUT2D eigenvalue weighted by Gasteiger charge is 2.37. The standard InChI is InChI=1S/C13H23BrO5/c1-3-18-13(15)10-8-11(14)12(9-10)19-7-6-17-5-4-16-2/h10-12H,3-9H2,1-2H3. The van der Waals surface area contributed by atoms with Gasteiger partial charge in [0.2, 0.25) is 0 Å². The third-order valence-electron chi connectivity index (χ3n) is 3.04. The molecule has 0 aromatic carbocycles. The number of hydrogen-bond acceptors (Lipinski definition) is 5. The van der Waals surface area contributed by atoms with Crippen molar-refractivity contribution in [1.82, 2.24) is 0 Å². The minimum Gasteiger partial charge on any atom is -0.466 e. The van der Waals surface area contributed by atoms with Gasteiger partial charge >= 0.3 is 5.97 Å². The van der Waals surface area contributed by atoms with Crippen LogP contribution in [0, 0.1) is 5.92 Å². The molecule has 0 heterocycles. The van der Waals surface area contributed by atoms with Crippen molar-refractivity contribution in [3.05, 3.63) is 0 Å². The van der Waals surface area contributed by atoms with Gasteiger partial charge in [0, 0.05) is 11.9 Å². The fraction of sp³-hybridized carbons (Fsp3) is 0.923. The molecule has 0 aromatic rings. The summed E-state index contributed by atoms with van der Waals surface area (Å²) in [7, 11) is 1.64. The van der Waals surface area contributed by atoms with E-state index in [-0.39, 0.29) is 22.8 Å². The first-order valence-corrected chi connectivity index (χ1v) is 7.59. The molecule has 6 heteroatoms. The Hall–Kier alpha value is -0.170. The van der Waals surface area contributed by atoms with Crippen molar-refractivity contribution >= 4 is 21.9 Å². The van der Waals surface area contributed by atoms with Gasteiger partial charge in [-0.15, -0.1) is 0 Å². The van der Waals surface area contributed by atoms with E-state index in [2.05, 4.69) is 15.9 Å². The molecular formula is C13H23BrO5. The Morgan fingerprint density at radius 3 is 2.63 bits per heavy atom. The summed E-state index contributed by atoms with van der Waals surface area (Å²) in [5.41, 5.74) is 0. The number of alkyl halides is 1. The minimum absolute atomic E-state index is 0.0521. The third-order valence-corrected chi connectivity index (χ3v) is 4.00. The van der Waals surface area contributed by atoms with Crippen molar-refractivity contribution < 1.29 is 23.7 Å². The van der Waals surface area contributed by atoms with E-state index in [1.54, 1.807) is 7.11 Å². The average Bonchev–Trinajstić information content (AvgIpc) is 2.76. The molecule has 1 aliphatic carbocycles. The van der Waals surface area contributed by atoms with Gasteiger partial charge in [-0.05, 0) is 19.8 Å². The molecule has 3 unspecified atom stereocenters. The Morgan fingerprint density at radius 2 is 1.95 bits per heavy atom. The van der Waals surface area contributed by atoms with E-state index in [9.17, 15) is 4.79 Å². The molecule has 0 aromatic heterocycles. The highest BCUT2D eigenvalue weighted by atomic mass is 79.9. The average molecular weight is 339 g/mol. The van der Waals surface area contributed by atoms with Gasteiger partial charge in [-0.3, -0.25) is 4.79 Å². The van der Waals surface area contributed by atoms with E-state index >= 15 is 0 Å². The first-order valence-electron chi connectivity index (χ1n) is 6.68. The molecule has 0 amide bonds. The second-order valence-electron chi connectivity index (χ2n) is 4.45. The van der Waals surface area contributed by atoms with Crippen LogP contribution in [0.3, 0.4) is 0 Å². The summed E-state index contributed by atoms with van der Waals surface area (Å²) in [4.78, 5) is 11.9. The quantitative estimate of drug-likeness (QED) is 0.364. The van der Waals surface area contributed by atoms with Gasteiger partial charge in [-0.2, -0.15) is 0 Å². The van der Waals surface area contributed by atoms with E-state index in [4.69, 9.17) is 18.9 Å². The molecule has 0 radical (unpaired) electrons. The molecule has 5 nitrogen and oxygen atoms in total. The van der Waals surface area contributed by atoms with Crippen LogP contribution in [0.2, 0.25) is 0 Å². The summed E-state index contributed by atoms with van der Waals surface area (Å²) in [6.07, 6.45) is 1.54. The zero-order valence-corrected chi connectivity index (χ0v) is 13.2. The van der Waals surface area contributed by atoms with Crippen molar-refractivity contribution in [2.45, 2.75) is 30.7 Å². The lowest BCUT2D eigenvalue weighted by molar-refractivity contribution is -0.148. The van der Waals surface area contributed by atoms with Crippen LogP contribution in [-0.4, -0.2) is 57.0 Å². The SMILES string of the molecule is CCOC(=O)C1CC(Br)C(OCCOCCOC)C1. The summed E-state index contributed by atoms with van der Waals surface area (Å²) >= 11 is 3.57. The first-order chi connectivity index (χ1) is 9.19. The second kappa shape index (κ2) is 9.69. The molecule has 1 rings (SSSR count). The normalized spacial score (nSPS) is 26.6. The van der Waals surface area contributed by atoms with Crippen LogP contribution in [-0.2, 0) is 23.7 Å². The van der Waals surface area contributed by atoms with E-state index < -0.39 is 0 Å². The molecule has 0 N–H and O–H groups in total. The largest absolute Gasteiger partial charge is 0.466 e. The fourth-order valence-corrected chi connectivity index (χ4v) is 2.90. The fourth-order valence-electron chi connectivity index (χ4n) is 2.08. The second-order valence-corrected chi connectivity index (χ2v) is 5.63. The Balaban J connectivity index is 2.15. The Morgan fingerprint density at radius 1 is 1.21 bits per heavy atom. The van der Waals surface area contributed by atoms with E-state index in [1.165, 1.54) is 0 Å². The highest BCUT2D eigenvalue weighted by Crippen LogP contribution is 2.34. The molecule has 0 aliphatic heterocycles. The zero-order valence-electron chi connectivity index (χ0n) is 11.6. The Kier molecular flexibility index (Phi) is 8.61. The Labute approximate surface area is 123 Å². The molecule has 0 spiro atoms. The van der Waals surface area contributed by atoms with Crippen LogP contribution in [0.5, 0.6) is 0 Å². The zero-order chi connectivity index (χ0) is 14.1. The van der Waals surface area contributed by atoms with Gasteiger partial charge in [0.25, 0.3) is 0 Å². The van der Waals surface area contributed by atoms with E-state index in [1.807, 2.05) is 6.92 Å². The predicted octanol–water partition coefficient (Wildman–Crippen LogP) is 1.77. The van der Waals surface area contributed by atoms with Crippen molar-refractivity contribution in [3.8, 4) is 0 Å². The lowest BCUT2D eigenvalue weighted by Crippen LogP contribution is -2.21. The summed E-state index contributed by atoms with van der Waals surface area (Å²) in [5.74, 6) is -0.168. The number of rotatable bonds is 9. The molecule has 3 atom stereocenters. The number of halogens is 1. The monoisotopic (exact) mass is 338 g/mol. The van der Waals surface area contributed by atoms with E-state index in [0.29, 0.717) is 39.5 Å². The molecule has 0 saturated heterocycles. The van der Waals surface area contributed by atoms with Crippen molar-refractivity contribution in [1.29, 1.82) is 0 Å². The van der Waals surface area contributed by atoms with Gasteiger partial charge in [0.05, 0.1) is 45.1 Å².